The fourth-order valence-electron chi connectivity index (χ4n) is 2.77. The van der Waals surface area contributed by atoms with Crippen molar-refractivity contribution in [3.8, 4) is 11.5 Å². The smallest absolute Gasteiger partial charge is 0.261 e. The van der Waals surface area contributed by atoms with Crippen LogP contribution in [0.3, 0.4) is 0 Å². The number of fused-ring (bicyclic) bond motifs is 1. The average molecular weight is 390 g/mol. The van der Waals surface area contributed by atoms with E-state index in [-0.39, 0.29) is 23.4 Å². The van der Waals surface area contributed by atoms with Gasteiger partial charge in [0.15, 0.2) is 0 Å². The zero-order valence-corrected chi connectivity index (χ0v) is 15.6. The molecule has 8 nitrogen and oxygen atoms in total. The first-order valence-electron chi connectivity index (χ1n) is 8.04. The van der Waals surface area contributed by atoms with Crippen LogP contribution < -0.4 is 14.2 Å². The van der Waals surface area contributed by atoms with Crippen molar-refractivity contribution < 1.29 is 27.5 Å². The van der Waals surface area contributed by atoms with Crippen molar-refractivity contribution >= 4 is 27.5 Å². The van der Waals surface area contributed by atoms with Crippen molar-refractivity contribution in [2.75, 3.05) is 31.2 Å². The predicted molar refractivity (Wildman–Crippen MR) is 98.8 cm³/mol. The molecule has 0 spiro atoms. The summed E-state index contributed by atoms with van der Waals surface area (Å²) in [5, 5.41) is 0. The largest absolute Gasteiger partial charge is 0.497 e. The lowest BCUT2D eigenvalue weighted by atomic mass is 10.1. The van der Waals surface area contributed by atoms with Gasteiger partial charge in [-0.2, -0.15) is 0 Å². The summed E-state index contributed by atoms with van der Waals surface area (Å²) in [7, 11) is -0.970. The Morgan fingerprint density at radius 3 is 2.15 bits per heavy atom. The predicted octanol–water partition coefficient (Wildman–Crippen LogP) is 1.74. The van der Waals surface area contributed by atoms with E-state index in [9.17, 15) is 18.0 Å². The lowest BCUT2D eigenvalue weighted by Gasteiger charge is -2.16. The van der Waals surface area contributed by atoms with Crippen LogP contribution in [0.25, 0.3) is 0 Å². The van der Waals surface area contributed by atoms with Gasteiger partial charge < -0.3 is 9.47 Å². The van der Waals surface area contributed by atoms with Crippen molar-refractivity contribution in [2.24, 2.45) is 0 Å². The SMILES string of the molecule is COc1ccc(OC)c(NS(=O)(=O)CCN2C(=O)c3ccccc3C2=O)c1. The number of carbonyl (C=O) groups is 2. The maximum Gasteiger partial charge on any atom is 0.261 e. The van der Waals surface area contributed by atoms with E-state index >= 15 is 0 Å². The van der Waals surface area contributed by atoms with E-state index in [0.29, 0.717) is 11.5 Å². The first kappa shape index (κ1) is 18.7. The summed E-state index contributed by atoms with van der Waals surface area (Å²) >= 11 is 0. The van der Waals surface area contributed by atoms with Crippen LogP contribution in [0.2, 0.25) is 0 Å². The zero-order valence-electron chi connectivity index (χ0n) is 14.8. The van der Waals surface area contributed by atoms with Gasteiger partial charge in [0.05, 0.1) is 36.8 Å². The molecule has 3 rings (SSSR count). The minimum atomic E-state index is -3.85. The Labute approximate surface area is 156 Å². The number of methoxy groups -OCH3 is 2. The molecule has 0 atom stereocenters. The third-order valence-electron chi connectivity index (χ3n) is 4.13. The van der Waals surface area contributed by atoms with Gasteiger partial charge in [0.25, 0.3) is 11.8 Å². The molecule has 2 aromatic rings. The number of hydrogen-bond donors (Lipinski definition) is 1. The van der Waals surface area contributed by atoms with Gasteiger partial charge in [-0.3, -0.25) is 19.2 Å². The molecule has 0 fully saturated rings. The molecule has 2 aromatic carbocycles. The van der Waals surface area contributed by atoms with Crippen molar-refractivity contribution in [1.82, 2.24) is 4.90 Å². The number of benzene rings is 2. The van der Waals surface area contributed by atoms with E-state index in [1.54, 1.807) is 36.4 Å². The van der Waals surface area contributed by atoms with Crippen molar-refractivity contribution in [3.05, 3.63) is 53.6 Å². The Kier molecular flexibility index (Phi) is 5.04. The molecule has 0 bridgehead atoms. The minimum absolute atomic E-state index is 0.208. The van der Waals surface area contributed by atoms with Crippen LogP contribution in [-0.2, 0) is 10.0 Å². The number of hydrogen-bond acceptors (Lipinski definition) is 6. The number of rotatable bonds is 7. The second-order valence-corrected chi connectivity index (χ2v) is 7.64. The number of imide groups is 1. The molecule has 9 heteroatoms. The van der Waals surface area contributed by atoms with E-state index in [1.165, 1.54) is 20.3 Å². The van der Waals surface area contributed by atoms with Crippen LogP contribution in [0, 0.1) is 0 Å². The monoisotopic (exact) mass is 390 g/mol. The molecule has 1 heterocycles. The molecule has 2 amide bonds. The van der Waals surface area contributed by atoms with Crippen LogP contribution in [-0.4, -0.2) is 51.6 Å². The lowest BCUT2D eigenvalue weighted by molar-refractivity contribution is 0.0664. The van der Waals surface area contributed by atoms with Crippen LogP contribution >= 0.6 is 0 Å². The first-order chi connectivity index (χ1) is 12.9. The molecule has 142 valence electrons. The molecule has 0 saturated heterocycles. The molecule has 0 saturated carbocycles. The van der Waals surface area contributed by atoms with Crippen LogP contribution in [0.1, 0.15) is 20.7 Å². The molecule has 0 aromatic heterocycles. The summed E-state index contributed by atoms with van der Waals surface area (Å²) in [5.41, 5.74) is 0.767. The molecule has 1 N–H and O–H groups in total. The van der Waals surface area contributed by atoms with E-state index in [4.69, 9.17) is 9.47 Å². The average Bonchev–Trinajstić information content (AvgIpc) is 2.90. The summed E-state index contributed by atoms with van der Waals surface area (Å²) in [6.07, 6.45) is 0. The zero-order chi connectivity index (χ0) is 19.6. The molecule has 1 aliphatic heterocycles. The summed E-state index contributed by atoms with van der Waals surface area (Å²) in [6, 6.07) is 11.1. The Balaban J connectivity index is 1.73. The number of carbonyl (C=O) groups excluding carboxylic acids is 2. The second-order valence-electron chi connectivity index (χ2n) is 5.79. The summed E-state index contributed by atoms with van der Waals surface area (Å²) in [4.78, 5) is 25.6. The summed E-state index contributed by atoms with van der Waals surface area (Å²) < 4.78 is 37.5. The molecular formula is C18H18N2O6S. The fraction of sp³-hybridized carbons (Fsp3) is 0.222. The fourth-order valence-corrected chi connectivity index (χ4v) is 3.79. The van der Waals surface area contributed by atoms with Gasteiger partial charge in [0, 0.05) is 12.6 Å². The van der Waals surface area contributed by atoms with Crippen molar-refractivity contribution in [2.45, 2.75) is 0 Å². The Bertz CT molecular complexity index is 968. The maximum absolute atomic E-state index is 12.5. The van der Waals surface area contributed by atoms with Crippen LogP contribution in [0.5, 0.6) is 11.5 Å². The lowest BCUT2D eigenvalue weighted by Crippen LogP contribution is -2.35. The topological polar surface area (TPSA) is 102 Å². The van der Waals surface area contributed by atoms with Gasteiger partial charge in [-0.1, -0.05) is 12.1 Å². The number of anilines is 1. The highest BCUT2D eigenvalue weighted by Gasteiger charge is 2.35. The van der Waals surface area contributed by atoms with E-state index in [0.717, 1.165) is 4.90 Å². The van der Waals surface area contributed by atoms with Gasteiger partial charge in [0.2, 0.25) is 10.0 Å². The summed E-state index contributed by atoms with van der Waals surface area (Å²) in [5.74, 6) is -0.665. The van der Waals surface area contributed by atoms with Gasteiger partial charge in [0.1, 0.15) is 11.5 Å². The maximum atomic E-state index is 12.5. The first-order valence-corrected chi connectivity index (χ1v) is 9.69. The molecule has 0 radical (unpaired) electrons. The van der Waals surface area contributed by atoms with E-state index in [2.05, 4.69) is 4.72 Å². The van der Waals surface area contributed by atoms with E-state index in [1.807, 2.05) is 0 Å². The number of ether oxygens (including phenoxy) is 2. The number of amides is 2. The highest BCUT2D eigenvalue weighted by molar-refractivity contribution is 7.92. The second kappa shape index (κ2) is 7.28. The third-order valence-corrected chi connectivity index (χ3v) is 5.38. The van der Waals surface area contributed by atoms with Crippen molar-refractivity contribution in [3.63, 3.8) is 0 Å². The van der Waals surface area contributed by atoms with Gasteiger partial charge >= 0.3 is 0 Å². The normalized spacial score (nSPS) is 13.5. The molecule has 0 unspecified atom stereocenters. The van der Waals surface area contributed by atoms with Gasteiger partial charge in [-0.05, 0) is 24.3 Å². The Morgan fingerprint density at radius 2 is 1.59 bits per heavy atom. The molecular weight excluding hydrogens is 372 g/mol. The van der Waals surface area contributed by atoms with Crippen LogP contribution in [0.4, 0.5) is 5.69 Å². The van der Waals surface area contributed by atoms with Gasteiger partial charge in [-0.25, -0.2) is 8.42 Å². The molecule has 0 aliphatic carbocycles. The highest BCUT2D eigenvalue weighted by atomic mass is 32.2. The standard InChI is InChI=1S/C18H18N2O6S/c1-25-12-7-8-16(26-2)15(11-12)19-27(23,24)10-9-20-17(21)13-5-3-4-6-14(13)18(20)22/h3-8,11,19H,9-10H2,1-2H3. The quantitative estimate of drug-likeness (QED) is 0.723. The highest BCUT2D eigenvalue weighted by Crippen LogP contribution is 2.30. The Hall–Kier alpha value is -3.07. The number of nitrogens with one attached hydrogen (secondary N) is 1. The molecule has 27 heavy (non-hydrogen) atoms. The molecule has 1 aliphatic rings. The minimum Gasteiger partial charge on any atom is -0.497 e. The number of nitrogens with zero attached hydrogens (tertiary/aromatic N) is 1. The van der Waals surface area contributed by atoms with Crippen molar-refractivity contribution in [1.29, 1.82) is 0 Å². The number of sulfonamides is 1. The third kappa shape index (κ3) is 3.72. The van der Waals surface area contributed by atoms with Crippen LogP contribution in [0.15, 0.2) is 42.5 Å². The Morgan fingerprint density at radius 1 is 0.963 bits per heavy atom. The van der Waals surface area contributed by atoms with Gasteiger partial charge in [-0.15, -0.1) is 0 Å². The van der Waals surface area contributed by atoms with E-state index < -0.39 is 27.6 Å². The summed E-state index contributed by atoms with van der Waals surface area (Å²) in [6.45, 7) is -0.256.